The van der Waals surface area contributed by atoms with E-state index in [0.717, 1.165) is 5.56 Å². The van der Waals surface area contributed by atoms with Crippen LogP contribution < -0.4 is 9.44 Å². The number of carbonyl (C=O) groups excluding carboxylic acids is 2. The van der Waals surface area contributed by atoms with E-state index in [4.69, 9.17) is 0 Å². The lowest BCUT2D eigenvalue weighted by molar-refractivity contribution is -0.152. The van der Waals surface area contributed by atoms with Crippen LogP contribution >= 0.6 is 0 Å². The van der Waals surface area contributed by atoms with Crippen molar-refractivity contribution in [2.75, 3.05) is 6.61 Å². The lowest BCUT2D eigenvalue weighted by atomic mass is 10.2. The summed E-state index contributed by atoms with van der Waals surface area (Å²) in [5.41, 5.74) is 0.723. The fourth-order valence-corrected chi connectivity index (χ4v) is 2.11. The highest BCUT2D eigenvalue weighted by Gasteiger charge is 2.22. The second-order valence-corrected chi connectivity index (χ2v) is 5.71. The number of ether oxygens (including phenoxy) is 2. The maximum atomic E-state index is 11.7. The Bertz CT molecular complexity index is 602. The molecule has 9 heteroatoms. The van der Waals surface area contributed by atoms with Crippen molar-refractivity contribution in [3.63, 3.8) is 0 Å². The fraction of sp³-hybridized carbons (Fsp3) is 0.385. The molecule has 0 aliphatic rings. The molecule has 0 saturated carbocycles. The summed E-state index contributed by atoms with van der Waals surface area (Å²) in [6, 6.07) is 8.76. The maximum Gasteiger partial charge on any atom is 0.422 e. The second kappa shape index (κ2) is 8.35. The van der Waals surface area contributed by atoms with E-state index in [9.17, 15) is 18.0 Å². The zero-order valence-electron chi connectivity index (χ0n) is 12.2. The van der Waals surface area contributed by atoms with Gasteiger partial charge in [-0.3, -0.25) is 0 Å². The van der Waals surface area contributed by atoms with E-state index >= 15 is 0 Å². The van der Waals surface area contributed by atoms with Crippen LogP contribution in [0.4, 0.5) is 4.79 Å². The Kier molecular flexibility index (Phi) is 6.80. The largest absolute Gasteiger partial charge is 0.463 e. The monoisotopic (exact) mass is 330 g/mol. The molecule has 0 saturated heterocycles. The summed E-state index contributed by atoms with van der Waals surface area (Å²) in [6.45, 7) is 3.02. The minimum absolute atomic E-state index is 0.0108. The van der Waals surface area contributed by atoms with E-state index in [1.54, 1.807) is 42.0 Å². The van der Waals surface area contributed by atoms with Crippen molar-refractivity contribution in [2.24, 2.45) is 0 Å². The van der Waals surface area contributed by atoms with Crippen molar-refractivity contribution in [2.45, 2.75) is 26.5 Å². The third-order valence-electron chi connectivity index (χ3n) is 2.43. The standard InChI is InChI=1S/C13H18N2O6S/c1-3-20-12(16)10(2)21-13(17)15-22(18,19)14-9-11-7-5-4-6-8-11/h4-8,10,14H,3,9H2,1-2H3,(H,15,17)/t10-/m0/s1. The highest BCUT2D eigenvalue weighted by molar-refractivity contribution is 7.88. The van der Waals surface area contributed by atoms with E-state index in [-0.39, 0.29) is 13.2 Å². The van der Waals surface area contributed by atoms with E-state index in [0.29, 0.717) is 0 Å². The van der Waals surface area contributed by atoms with E-state index < -0.39 is 28.4 Å². The number of benzene rings is 1. The molecule has 0 unspecified atom stereocenters. The Balaban J connectivity index is 2.46. The number of esters is 1. The lowest BCUT2D eigenvalue weighted by Gasteiger charge is -2.13. The zero-order chi connectivity index (χ0) is 16.6. The van der Waals surface area contributed by atoms with E-state index in [1.165, 1.54) is 6.92 Å². The predicted molar refractivity (Wildman–Crippen MR) is 77.9 cm³/mol. The van der Waals surface area contributed by atoms with Gasteiger partial charge in [-0.2, -0.15) is 13.1 Å². The van der Waals surface area contributed by atoms with Crippen LogP contribution in [0.1, 0.15) is 19.4 Å². The Morgan fingerprint density at radius 2 is 1.86 bits per heavy atom. The van der Waals surface area contributed by atoms with Crippen molar-refractivity contribution in [3.8, 4) is 0 Å². The van der Waals surface area contributed by atoms with Crippen molar-refractivity contribution in [1.82, 2.24) is 9.44 Å². The van der Waals surface area contributed by atoms with Gasteiger partial charge in [0.05, 0.1) is 6.61 Å². The average molecular weight is 330 g/mol. The average Bonchev–Trinajstić information content (AvgIpc) is 2.46. The van der Waals surface area contributed by atoms with Gasteiger partial charge in [-0.1, -0.05) is 30.3 Å². The molecule has 0 aliphatic heterocycles. The molecule has 0 radical (unpaired) electrons. The number of amides is 1. The SMILES string of the molecule is CCOC(=O)[C@H](C)OC(=O)NS(=O)(=O)NCc1ccccc1. The van der Waals surface area contributed by atoms with Crippen LogP contribution in [0.25, 0.3) is 0 Å². The van der Waals surface area contributed by atoms with Gasteiger partial charge in [-0.15, -0.1) is 0 Å². The van der Waals surface area contributed by atoms with Crippen molar-refractivity contribution in [1.29, 1.82) is 0 Å². The smallest absolute Gasteiger partial charge is 0.422 e. The molecular weight excluding hydrogens is 312 g/mol. The lowest BCUT2D eigenvalue weighted by Crippen LogP contribution is -2.42. The fourth-order valence-electron chi connectivity index (χ4n) is 1.41. The quantitative estimate of drug-likeness (QED) is 0.712. The molecule has 1 aromatic rings. The van der Waals surface area contributed by atoms with Crippen LogP contribution in [0.3, 0.4) is 0 Å². The Morgan fingerprint density at radius 3 is 2.45 bits per heavy atom. The molecule has 0 heterocycles. The molecule has 1 atom stereocenters. The first-order valence-electron chi connectivity index (χ1n) is 6.52. The third-order valence-corrected chi connectivity index (χ3v) is 3.39. The number of rotatable bonds is 7. The van der Waals surface area contributed by atoms with Crippen LogP contribution in [0.2, 0.25) is 0 Å². The van der Waals surface area contributed by atoms with Gasteiger partial charge in [-0.25, -0.2) is 14.3 Å². The predicted octanol–water partition coefficient (Wildman–Crippen LogP) is 0.699. The molecule has 1 aromatic carbocycles. The molecule has 0 spiro atoms. The Hall–Kier alpha value is -2.13. The Labute approximate surface area is 129 Å². The molecule has 122 valence electrons. The first-order chi connectivity index (χ1) is 10.3. The van der Waals surface area contributed by atoms with Crippen molar-refractivity contribution < 1.29 is 27.5 Å². The third kappa shape index (κ3) is 6.55. The van der Waals surface area contributed by atoms with Crippen LogP contribution in [0, 0.1) is 0 Å². The summed E-state index contributed by atoms with van der Waals surface area (Å²) in [4.78, 5) is 22.7. The van der Waals surface area contributed by atoms with Gasteiger partial charge in [-0.05, 0) is 19.4 Å². The van der Waals surface area contributed by atoms with Gasteiger partial charge < -0.3 is 9.47 Å². The Morgan fingerprint density at radius 1 is 1.23 bits per heavy atom. The van der Waals surface area contributed by atoms with E-state index in [1.807, 2.05) is 0 Å². The second-order valence-electron chi connectivity index (χ2n) is 4.21. The molecule has 0 aromatic heterocycles. The maximum absolute atomic E-state index is 11.7. The van der Waals surface area contributed by atoms with Crippen LogP contribution in [0.5, 0.6) is 0 Å². The van der Waals surface area contributed by atoms with Gasteiger partial charge in [0, 0.05) is 6.54 Å². The van der Waals surface area contributed by atoms with E-state index in [2.05, 4.69) is 14.2 Å². The first kappa shape index (κ1) is 17.9. The van der Waals surface area contributed by atoms with Crippen LogP contribution in [0.15, 0.2) is 30.3 Å². The van der Waals surface area contributed by atoms with Crippen LogP contribution in [-0.2, 0) is 31.0 Å². The zero-order valence-corrected chi connectivity index (χ0v) is 13.1. The molecule has 1 amide bonds. The van der Waals surface area contributed by atoms with Crippen molar-refractivity contribution in [3.05, 3.63) is 35.9 Å². The molecule has 2 N–H and O–H groups in total. The van der Waals surface area contributed by atoms with Crippen LogP contribution in [-0.4, -0.2) is 33.2 Å². The van der Waals surface area contributed by atoms with Gasteiger partial charge >= 0.3 is 22.3 Å². The molecular formula is C13H18N2O6S. The summed E-state index contributed by atoms with van der Waals surface area (Å²) >= 11 is 0. The number of hydrogen-bond donors (Lipinski definition) is 2. The molecule has 1 rings (SSSR count). The highest BCUT2D eigenvalue weighted by atomic mass is 32.2. The summed E-state index contributed by atoms with van der Waals surface area (Å²) < 4.78 is 36.4. The topological polar surface area (TPSA) is 111 Å². The molecule has 8 nitrogen and oxygen atoms in total. The first-order valence-corrected chi connectivity index (χ1v) is 8.01. The molecule has 0 aliphatic carbocycles. The highest BCUT2D eigenvalue weighted by Crippen LogP contribution is 1.99. The van der Waals surface area contributed by atoms with Gasteiger partial charge in [0.2, 0.25) is 0 Å². The summed E-state index contributed by atoms with van der Waals surface area (Å²) in [7, 11) is -4.09. The number of hydrogen-bond acceptors (Lipinski definition) is 6. The van der Waals surface area contributed by atoms with Gasteiger partial charge in [0.25, 0.3) is 0 Å². The van der Waals surface area contributed by atoms with Gasteiger partial charge in [0.15, 0.2) is 6.10 Å². The molecule has 0 bridgehead atoms. The molecule has 22 heavy (non-hydrogen) atoms. The number of carbonyl (C=O) groups is 2. The number of nitrogens with one attached hydrogen (secondary N) is 2. The summed E-state index contributed by atoms with van der Waals surface area (Å²) in [5, 5.41) is 0. The van der Waals surface area contributed by atoms with Crippen molar-refractivity contribution >= 4 is 22.3 Å². The minimum atomic E-state index is -4.09. The summed E-state index contributed by atoms with van der Waals surface area (Å²) in [6.07, 6.45) is -2.47. The summed E-state index contributed by atoms with van der Waals surface area (Å²) in [5.74, 6) is -0.757. The van der Waals surface area contributed by atoms with Gasteiger partial charge in [0.1, 0.15) is 0 Å². The minimum Gasteiger partial charge on any atom is -0.463 e. The molecule has 0 fully saturated rings. The normalized spacial score (nSPS) is 12.3.